The molecule has 0 atom stereocenters. The van der Waals surface area contributed by atoms with Crippen molar-refractivity contribution < 1.29 is 4.74 Å². The first-order valence-corrected chi connectivity index (χ1v) is 7.54. The molecule has 1 aromatic rings. The number of hydrogen-bond acceptors (Lipinski definition) is 1. The van der Waals surface area contributed by atoms with Crippen LogP contribution in [0.4, 0.5) is 0 Å². The van der Waals surface area contributed by atoms with Gasteiger partial charge in [-0.05, 0) is 62.6 Å². The van der Waals surface area contributed by atoms with Gasteiger partial charge < -0.3 is 4.74 Å². The number of allylic oxidation sites excluding steroid dienone is 1. The Kier molecular flexibility index (Phi) is 5.07. The van der Waals surface area contributed by atoms with Crippen molar-refractivity contribution in [1.29, 1.82) is 0 Å². The van der Waals surface area contributed by atoms with Crippen LogP contribution < -0.4 is 4.74 Å². The van der Waals surface area contributed by atoms with E-state index in [0.29, 0.717) is 0 Å². The smallest absolute Gasteiger partial charge is 0.126 e. The number of rotatable bonds is 5. The second-order valence-corrected chi connectivity index (χ2v) is 7.23. The van der Waals surface area contributed by atoms with Gasteiger partial charge in [0, 0.05) is 0 Å². The number of ether oxygens (including phenoxy) is 1. The Labute approximate surface area is 125 Å². The minimum absolute atomic E-state index is 0.178. The summed E-state index contributed by atoms with van der Waals surface area (Å²) in [6, 6.07) is 4.57. The van der Waals surface area contributed by atoms with Crippen molar-refractivity contribution >= 4 is 0 Å². The molecule has 0 aliphatic rings. The van der Waals surface area contributed by atoms with Gasteiger partial charge in [0.1, 0.15) is 11.4 Å². The molecular formula is C19H30O. The van der Waals surface area contributed by atoms with Crippen LogP contribution in [0.25, 0.3) is 0 Å². The first kappa shape index (κ1) is 16.8. The summed E-state index contributed by atoms with van der Waals surface area (Å²) in [6.45, 7) is 19.1. The molecule has 20 heavy (non-hydrogen) atoms. The van der Waals surface area contributed by atoms with Gasteiger partial charge in [-0.15, -0.1) is 6.58 Å². The highest BCUT2D eigenvalue weighted by Gasteiger charge is 2.22. The standard InChI is InChI=1S/C19H30O/c1-9-11-15-13-16(19(7,8)10-2)12-14(3)17(15)20-18(4,5)6/h9,12-13H,1,10-11H2,2-8H3. The van der Waals surface area contributed by atoms with Gasteiger partial charge in [-0.3, -0.25) is 0 Å². The molecule has 0 aliphatic heterocycles. The minimum atomic E-state index is -0.178. The highest BCUT2D eigenvalue weighted by molar-refractivity contribution is 5.47. The summed E-state index contributed by atoms with van der Waals surface area (Å²) in [5.41, 5.74) is 3.86. The zero-order valence-corrected chi connectivity index (χ0v) is 14.3. The third-order valence-electron chi connectivity index (χ3n) is 3.79. The molecule has 0 N–H and O–H groups in total. The molecule has 112 valence electrons. The van der Waals surface area contributed by atoms with Gasteiger partial charge in [0.05, 0.1) is 0 Å². The lowest BCUT2D eigenvalue weighted by atomic mass is 9.80. The molecule has 0 fully saturated rings. The molecule has 0 saturated carbocycles. The van der Waals surface area contributed by atoms with Crippen LogP contribution in [-0.4, -0.2) is 5.60 Å². The fourth-order valence-corrected chi connectivity index (χ4v) is 2.20. The molecule has 0 unspecified atom stereocenters. The van der Waals surface area contributed by atoms with Crippen LogP contribution in [0.5, 0.6) is 5.75 Å². The first-order chi connectivity index (χ1) is 9.10. The maximum Gasteiger partial charge on any atom is 0.126 e. The second kappa shape index (κ2) is 6.03. The molecule has 1 nitrogen and oxygen atoms in total. The lowest BCUT2D eigenvalue weighted by Crippen LogP contribution is -2.25. The Morgan fingerprint density at radius 2 is 1.75 bits per heavy atom. The lowest BCUT2D eigenvalue weighted by molar-refractivity contribution is 0.128. The highest BCUT2D eigenvalue weighted by atomic mass is 16.5. The summed E-state index contributed by atoms with van der Waals surface area (Å²) in [5.74, 6) is 1.02. The van der Waals surface area contributed by atoms with E-state index in [2.05, 4.69) is 67.2 Å². The molecule has 1 rings (SSSR count). The van der Waals surface area contributed by atoms with Gasteiger partial charge in [-0.2, -0.15) is 0 Å². The fourth-order valence-electron chi connectivity index (χ4n) is 2.20. The van der Waals surface area contributed by atoms with Crippen LogP contribution in [-0.2, 0) is 11.8 Å². The third-order valence-corrected chi connectivity index (χ3v) is 3.79. The molecule has 0 aliphatic carbocycles. The monoisotopic (exact) mass is 274 g/mol. The van der Waals surface area contributed by atoms with Crippen LogP contribution in [0.3, 0.4) is 0 Å². The zero-order valence-electron chi connectivity index (χ0n) is 14.3. The molecule has 0 saturated heterocycles. The topological polar surface area (TPSA) is 9.23 Å². The van der Waals surface area contributed by atoms with E-state index in [-0.39, 0.29) is 11.0 Å². The second-order valence-electron chi connectivity index (χ2n) is 7.23. The van der Waals surface area contributed by atoms with Gasteiger partial charge in [0.15, 0.2) is 0 Å². The van der Waals surface area contributed by atoms with E-state index in [1.807, 2.05) is 6.08 Å². The largest absolute Gasteiger partial charge is 0.488 e. The van der Waals surface area contributed by atoms with Gasteiger partial charge in [0.25, 0.3) is 0 Å². The lowest BCUT2D eigenvalue weighted by Gasteiger charge is -2.29. The van der Waals surface area contributed by atoms with Gasteiger partial charge in [-0.1, -0.05) is 39.0 Å². The summed E-state index contributed by atoms with van der Waals surface area (Å²) in [7, 11) is 0. The number of hydrogen-bond donors (Lipinski definition) is 0. The normalized spacial score (nSPS) is 12.3. The molecule has 1 heteroatoms. The summed E-state index contributed by atoms with van der Waals surface area (Å²) < 4.78 is 6.17. The Hall–Kier alpha value is -1.24. The molecule has 1 aromatic carbocycles. The average Bonchev–Trinajstić information content (AvgIpc) is 2.32. The van der Waals surface area contributed by atoms with E-state index in [4.69, 9.17) is 4.74 Å². The average molecular weight is 274 g/mol. The van der Waals surface area contributed by atoms with Gasteiger partial charge in [-0.25, -0.2) is 0 Å². The number of aryl methyl sites for hydroxylation is 1. The summed E-state index contributed by atoms with van der Waals surface area (Å²) in [6.07, 6.45) is 3.92. The van der Waals surface area contributed by atoms with E-state index in [1.54, 1.807) is 0 Å². The Morgan fingerprint density at radius 3 is 2.20 bits per heavy atom. The Balaban J connectivity index is 3.36. The predicted molar refractivity (Wildman–Crippen MR) is 88.8 cm³/mol. The van der Waals surface area contributed by atoms with Gasteiger partial charge >= 0.3 is 0 Å². The summed E-state index contributed by atoms with van der Waals surface area (Å²) >= 11 is 0. The molecule has 0 amide bonds. The van der Waals surface area contributed by atoms with Crippen molar-refractivity contribution in [3.05, 3.63) is 41.5 Å². The van der Waals surface area contributed by atoms with Crippen molar-refractivity contribution in [3.63, 3.8) is 0 Å². The molecule has 0 spiro atoms. The van der Waals surface area contributed by atoms with Crippen LogP contribution >= 0.6 is 0 Å². The quantitative estimate of drug-likeness (QED) is 0.636. The molecular weight excluding hydrogens is 244 g/mol. The van der Waals surface area contributed by atoms with E-state index < -0.39 is 0 Å². The minimum Gasteiger partial charge on any atom is -0.488 e. The predicted octanol–water partition coefficient (Wildman–Crippen LogP) is 5.59. The van der Waals surface area contributed by atoms with Crippen LogP contribution in [0.15, 0.2) is 24.8 Å². The van der Waals surface area contributed by atoms with Crippen molar-refractivity contribution in [1.82, 2.24) is 0 Å². The van der Waals surface area contributed by atoms with E-state index in [9.17, 15) is 0 Å². The van der Waals surface area contributed by atoms with Crippen molar-refractivity contribution in [2.75, 3.05) is 0 Å². The highest BCUT2D eigenvalue weighted by Crippen LogP contribution is 2.35. The van der Waals surface area contributed by atoms with E-state index in [0.717, 1.165) is 18.6 Å². The van der Waals surface area contributed by atoms with Crippen molar-refractivity contribution in [3.8, 4) is 5.75 Å². The fraction of sp³-hybridized carbons (Fsp3) is 0.579. The maximum absolute atomic E-state index is 6.17. The Bertz CT molecular complexity index is 475. The maximum atomic E-state index is 6.17. The molecule has 0 aromatic heterocycles. The third kappa shape index (κ3) is 4.13. The van der Waals surface area contributed by atoms with Crippen LogP contribution in [0.2, 0.25) is 0 Å². The van der Waals surface area contributed by atoms with Crippen molar-refractivity contribution in [2.24, 2.45) is 0 Å². The van der Waals surface area contributed by atoms with Gasteiger partial charge in [0.2, 0.25) is 0 Å². The van der Waals surface area contributed by atoms with E-state index in [1.165, 1.54) is 16.7 Å². The first-order valence-electron chi connectivity index (χ1n) is 7.54. The van der Waals surface area contributed by atoms with Crippen molar-refractivity contribution in [2.45, 2.75) is 72.3 Å². The zero-order chi connectivity index (χ0) is 15.6. The molecule has 0 bridgehead atoms. The number of benzene rings is 1. The van der Waals surface area contributed by atoms with Crippen LogP contribution in [0, 0.1) is 6.92 Å². The summed E-state index contributed by atoms with van der Waals surface area (Å²) in [4.78, 5) is 0. The van der Waals surface area contributed by atoms with E-state index >= 15 is 0 Å². The summed E-state index contributed by atoms with van der Waals surface area (Å²) in [5, 5.41) is 0. The Morgan fingerprint density at radius 1 is 1.15 bits per heavy atom. The van der Waals surface area contributed by atoms with Crippen LogP contribution in [0.1, 0.15) is 64.7 Å². The molecule has 0 heterocycles. The SMILES string of the molecule is C=CCc1cc(C(C)(C)CC)cc(C)c1OC(C)(C)C. The molecule has 0 radical (unpaired) electrons.